The Kier molecular flexibility index (Phi) is 6.39. The summed E-state index contributed by atoms with van der Waals surface area (Å²) in [4.78, 5) is 15.7. The molecule has 2 aromatic carbocycles. The predicted molar refractivity (Wildman–Crippen MR) is 111 cm³/mol. The number of rotatable bonds is 7. The number of aromatic hydroxyl groups is 1. The second-order valence-corrected chi connectivity index (χ2v) is 6.98. The SMILES string of the molecule is NC(=O)/C=C/Cn1cc(-c2ccc(Cl)cc2Cl)nc1[CH]Cc1ccc(O)cc1. The molecule has 3 aromatic rings. The summed E-state index contributed by atoms with van der Waals surface area (Å²) in [5.74, 6) is 0.445. The minimum Gasteiger partial charge on any atom is -0.508 e. The molecule has 0 aliphatic rings. The van der Waals surface area contributed by atoms with Crippen molar-refractivity contribution >= 4 is 29.1 Å². The topological polar surface area (TPSA) is 81.1 Å². The molecule has 143 valence electrons. The first kappa shape index (κ1) is 20.0. The maximum Gasteiger partial charge on any atom is 0.241 e. The Morgan fingerprint density at radius 2 is 1.93 bits per heavy atom. The fraction of sp³-hybridized carbons (Fsp3) is 0.0952. The van der Waals surface area contributed by atoms with Gasteiger partial charge in [-0.15, -0.1) is 0 Å². The third-order valence-corrected chi connectivity index (χ3v) is 4.60. The van der Waals surface area contributed by atoms with Crippen LogP contribution >= 0.6 is 23.2 Å². The molecule has 28 heavy (non-hydrogen) atoms. The average molecular weight is 415 g/mol. The van der Waals surface area contributed by atoms with Crippen molar-refractivity contribution in [3.05, 3.63) is 88.7 Å². The lowest BCUT2D eigenvalue weighted by Gasteiger charge is -2.05. The van der Waals surface area contributed by atoms with E-state index in [0.717, 1.165) is 17.0 Å². The van der Waals surface area contributed by atoms with Gasteiger partial charge in [-0.2, -0.15) is 0 Å². The molecule has 1 aromatic heterocycles. The molecule has 3 N–H and O–H groups in total. The number of aromatic nitrogens is 2. The molecule has 0 spiro atoms. The summed E-state index contributed by atoms with van der Waals surface area (Å²) in [6, 6.07) is 12.2. The van der Waals surface area contributed by atoms with Gasteiger partial charge in [-0.25, -0.2) is 4.98 Å². The largest absolute Gasteiger partial charge is 0.508 e. The Morgan fingerprint density at radius 1 is 1.18 bits per heavy atom. The number of hydrogen-bond donors (Lipinski definition) is 2. The van der Waals surface area contributed by atoms with Crippen molar-refractivity contribution in [2.45, 2.75) is 13.0 Å². The second kappa shape index (κ2) is 8.95. The number of nitrogens with zero attached hydrogens (tertiary/aromatic N) is 2. The molecule has 7 heteroatoms. The quantitative estimate of drug-likeness (QED) is 0.562. The lowest BCUT2D eigenvalue weighted by Crippen LogP contribution is -2.07. The maximum atomic E-state index is 11.0. The number of carbonyl (C=O) groups is 1. The zero-order chi connectivity index (χ0) is 20.1. The van der Waals surface area contributed by atoms with Crippen LogP contribution in [0.5, 0.6) is 5.75 Å². The first-order chi connectivity index (χ1) is 13.4. The van der Waals surface area contributed by atoms with Crippen molar-refractivity contribution in [2.75, 3.05) is 0 Å². The van der Waals surface area contributed by atoms with Gasteiger partial charge in [-0.05, 0) is 42.3 Å². The number of benzene rings is 2. The first-order valence-corrected chi connectivity index (χ1v) is 9.27. The molecule has 1 radical (unpaired) electrons. The zero-order valence-corrected chi connectivity index (χ0v) is 16.4. The molecule has 0 aliphatic carbocycles. The molecule has 0 fully saturated rings. The van der Waals surface area contributed by atoms with Crippen LogP contribution in [0.3, 0.4) is 0 Å². The van der Waals surface area contributed by atoms with Gasteiger partial charge in [-0.1, -0.05) is 41.4 Å². The number of phenolic OH excluding ortho intramolecular Hbond substituents is 1. The van der Waals surface area contributed by atoms with E-state index < -0.39 is 5.91 Å². The molecule has 0 saturated carbocycles. The van der Waals surface area contributed by atoms with Gasteiger partial charge in [0.05, 0.1) is 10.7 Å². The van der Waals surface area contributed by atoms with E-state index in [-0.39, 0.29) is 5.75 Å². The van der Waals surface area contributed by atoms with Crippen molar-refractivity contribution < 1.29 is 9.90 Å². The van der Waals surface area contributed by atoms with Crippen molar-refractivity contribution in [3.8, 4) is 17.0 Å². The fourth-order valence-electron chi connectivity index (χ4n) is 2.69. The standard InChI is InChI=1S/C21H18Cl2N3O2/c22-15-6-9-17(18(23)12-15)19-13-26(11-1-2-20(24)28)21(25-19)10-5-14-3-7-16(27)8-4-14/h1-4,6-10,12-13,27H,5,11H2,(H2,24,28)/b2-1+. The summed E-state index contributed by atoms with van der Waals surface area (Å²) >= 11 is 12.3. The van der Waals surface area contributed by atoms with E-state index in [1.54, 1.807) is 30.3 Å². The number of carbonyl (C=O) groups excluding carboxylic acids is 1. The highest BCUT2D eigenvalue weighted by molar-refractivity contribution is 6.36. The van der Waals surface area contributed by atoms with Gasteiger partial charge in [0.2, 0.25) is 5.91 Å². The number of primary amides is 1. The average Bonchev–Trinajstić information content (AvgIpc) is 3.03. The molecule has 0 bridgehead atoms. The number of halogens is 2. The molecule has 5 nitrogen and oxygen atoms in total. The van der Waals surface area contributed by atoms with Crippen LogP contribution in [-0.2, 0) is 17.8 Å². The number of amides is 1. The molecule has 0 aliphatic heterocycles. The highest BCUT2D eigenvalue weighted by atomic mass is 35.5. The van der Waals surface area contributed by atoms with Crippen LogP contribution in [0.25, 0.3) is 11.3 Å². The normalized spacial score (nSPS) is 11.2. The fourth-order valence-corrected chi connectivity index (χ4v) is 3.20. The predicted octanol–water partition coefficient (Wildman–Crippen LogP) is 4.40. The Morgan fingerprint density at radius 3 is 2.61 bits per heavy atom. The maximum absolute atomic E-state index is 11.0. The third kappa shape index (κ3) is 5.15. The van der Waals surface area contributed by atoms with E-state index >= 15 is 0 Å². The van der Waals surface area contributed by atoms with Gasteiger partial charge in [0.25, 0.3) is 0 Å². The van der Waals surface area contributed by atoms with E-state index in [4.69, 9.17) is 28.9 Å². The minimum absolute atomic E-state index is 0.224. The van der Waals surface area contributed by atoms with Crippen LogP contribution in [0.2, 0.25) is 10.0 Å². The van der Waals surface area contributed by atoms with Gasteiger partial charge in [0.1, 0.15) is 11.6 Å². The Labute approximate surface area is 173 Å². The van der Waals surface area contributed by atoms with Crippen LogP contribution in [-0.4, -0.2) is 20.6 Å². The van der Waals surface area contributed by atoms with Crippen molar-refractivity contribution in [1.82, 2.24) is 9.55 Å². The molecule has 0 saturated heterocycles. The summed E-state index contributed by atoms with van der Waals surface area (Å²) in [7, 11) is 0. The molecular formula is C21H18Cl2N3O2. The van der Waals surface area contributed by atoms with Gasteiger partial charge < -0.3 is 15.4 Å². The first-order valence-electron chi connectivity index (χ1n) is 8.52. The number of imidazole rings is 1. The Balaban J connectivity index is 1.87. The van der Waals surface area contributed by atoms with Crippen LogP contribution in [0.4, 0.5) is 0 Å². The number of phenols is 1. The van der Waals surface area contributed by atoms with Crippen molar-refractivity contribution in [2.24, 2.45) is 5.73 Å². The summed E-state index contributed by atoms with van der Waals surface area (Å²) in [5.41, 5.74) is 7.66. The molecule has 0 atom stereocenters. The summed E-state index contributed by atoms with van der Waals surface area (Å²) < 4.78 is 1.90. The Hall–Kier alpha value is -2.76. The highest BCUT2D eigenvalue weighted by Crippen LogP contribution is 2.30. The highest BCUT2D eigenvalue weighted by Gasteiger charge is 2.12. The van der Waals surface area contributed by atoms with Gasteiger partial charge in [-0.3, -0.25) is 4.79 Å². The smallest absolute Gasteiger partial charge is 0.241 e. The van der Waals surface area contributed by atoms with Gasteiger partial charge in [0.15, 0.2) is 0 Å². The second-order valence-electron chi connectivity index (χ2n) is 6.14. The van der Waals surface area contributed by atoms with E-state index in [0.29, 0.717) is 28.7 Å². The molecular weight excluding hydrogens is 397 g/mol. The number of nitrogens with two attached hydrogens (primary N) is 1. The summed E-state index contributed by atoms with van der Waals surface area (Å²) in [6.07, 6.45) is 7.46. The summed E-state index contributed by atoms with van der Waals surface area (Å²) in [6.45, 7) is 0.433. The van der Waals surface area contributed by atoms with E-state index in [2.05, 4.69) is 4.98 Å². The van der Waals surface area contributed by atoms with Gasteiger partial charge >= 0.3 is 0 Å². The van der Waals surface area contributed by atoms with E-state index in [9.17, 15) is 9.90 Å². The number of hydrogen-bond acceptors (Lipinski definition) is 3. The molecule has 1 amide bonds. The monoisotopic (exact) mass is 414 g/mol. The molecule has 0 unspecified atom stereocenters. The van der Waals surface area contributed by atoms with Gasteiger partial charge in [0, 0.05) is 35.8 Å². The van der Waals surface area contributed by atoms with Crippen molar-refractivity contribution in [1.29, 1.82) is 0 Å². The molecule has 1 heterocycles. The molecule has 3 rings (SSSR count). The minimum atomic E-state index is -0.504. The lowest BCUT2D eigenvalue weighted by molar-refractivity contribution is -0.113. The Bertz CT molecular complexity index is 1010. The number of allylic oxidation sites excluding steroid dienone is 1. The van der Waals surface area contributed by atoms with Crippen LogP contribution < -0.4 is 5.73 Å². The van der Waals surface area contributed by atoms with Crippen LogP contribution in [0.1, 0.15) is 11.4 Å². The third-order valence-electron chi connectivity index (χ3n) is 4.06. The van der Waals surface area contributed by atoms with Crippen LogP contribution in [0, 0.1) is 6.42 Å². The lowest BCUT2D eigenvalue weighted by atomic mass is 10.1. The van der Waals surface area contributed by atoms with Crippen LogP contribution in [0.15, 0.2) is 60.8 Å². The van der Waals surface area contributed by atoms with E-state index in [1.807, 2.05) is 35.4 Å². The van der Waals surface area contributed by atoms with Crippen molar-refractivity contribution in [3.63, 3.8) is 0 Å². The van der Waals surface area contributed by atoms with E-state index in [1.165, 1.54) is 6.08 Å². The zero-order valence-electron chi connectivity index (χ0n) is 14.8. The summed E-state index contributed by atoms with van der Waals surface area (Å²) in [5, 5.41) is 10.5.